The zero-order valence-corrected chi connectivity index (χ0v) is 15.3. The average molecular weight is 378 g/mol. The molecule has 1 atom stereocenters. The highest BCUT2D eigenvalue weighted by Gasteiger charge is 2.29. The van der Waals surface area contributed by atoms with Gasteiger partial charge in [0.05, 0.1) is 25.2 Å². The van der Waals surface area contributed by atoms with Gasteiger partial charge in [0.15, 0.2) is 0 Å². The second-order valence-corrected chi connectivity index (χ2v) is 6.83. The van der Waals surface area contributed by atoms with Gasteiger partial charge in [-0.2, -0.15) is 5.10 Å². The lowest BCUT2D eigenvalue weighted by Gasteiger charge is -2.14. The summed E-state index contributed by atoms with van der Waals surface area (Å²) in [7, 11) is 0. The van der Waals surface area contributed by atoms with Crippen LogP contribution >= 0.6 is 0 Å². The summed E-state index contributed by atoms with van der Waals surface area (Å²) in [6.45, 7) is 2.18. The third-order valence-electron chi connectivity index (χ3n) is 4.78. The van der Waals surface area contributed by atoms with Gasteiger partial charge in [-0.1, -0.05) is 30.3 Å². The monoisotopic (exact) mass is 378 g/mol. The summed E-state index contributed by atoms with van der Waals surface area (Å²) in [4.78, 5) is 24.7. The van der Waals surface area contributed by atoms with E-state index in [1.165, 1.54) is 12.1 Å². The number of hydrogen-bond acceptors (Lipinski definition) is 3. The van der Waals surface area contributed by atoms with Crippen molar-refractivity contribution in [3.63, 3.8) is 0 Å². The number of anilines is 1. The number of aromatic nitrogens is 2. The molecule has 1 aromatic heterocycles. The molecule has 0 saturated heterocycles. The number of amides is 2. The van der Waals surface area contributed by atoms with Crippen LogP contribution in [0.4, 0.5) is 10.2 Å². The van der Waals surface area contributed by atoms with Crippen LogP contribution in [-0.4, -0.2) is 21.6 Å². The summed E-state index contributed by atoms with van der Waals surface area (Å²) < 4.78 is 15.1. The van der Waals surface area contributed by atoms with Gasteiger partial charge >= 0.3 is 0 Å². The van der Waals surface area contributed by atoms with E-state index in [9.17, 15) is 14.0 Å². The van der Waals surface area contributed by atoms with Crippen LogP contribution in [0.15, 0.2) is 54.7 Å². The molecule has 3 aromatic rings. The first-order valence-electron chi connectivity index (χ1n) is 8.98. The zero-order valence-electron chi connectivity index (χ0n) is 15.3. The summed E-state index contributed by atoms with van der Waals surface area (Å²) >= 11 is 0. The Morgan fingerprint density at radius 3 is 2.89 bits per heavy atom. The third kappa shape index (κ3) is 3.51. The standard InChI is InChI=1S/C21H19FN4O2/c1-13-11-23-26(12-14-5-4-6-15(22)9-14)20(13)25-19(27)10-18-16-7-2-3-8-17(16)21(28)24-18/h2-9,11,18H,10,12H2,1H3,(H,24,28)(H,25,27). The molecule has 4 rings (SSSR count). The van der Waals surface area contributed by atoms with Crippen molar-refractivity contribution in [2.24, 2.45) is 0 Å². The zero-order chi connectivity index (χ0) is 19.7. The van der Waals surface area contributed by atoms with Gasteiger partial charge < -0.3 is 10.6 Å². The van der Waals surface area contributed by atoms with Crippen LogP contribution in [0.1, 0.15) is 39.5 Å². The fourth-order valence-corrected chi connectivity index (χ4v) is 3.42. The van der Waals surface area contributed by atoms with Crippen molar-refractivity contribution in [2.75, 3.05) is 5.32 Å². The van der Waals surface area contributed by atoms with Gasteiger partial charge in [-0.05, 0) is 36.2 Å². The van der Waals surface area contributed by atoms with Crippen molar-refractivity contribution in [1.82, 2.24) is 15.1 Å². The first kappa shape index (κ1) is 17.9. The highest BCUT2D eigenvalue weighted by molar-refractivity contribution is 6.00. The van der Waals surface area contributed by atoms with Crippen molar-refractivity contribution in [1.29, 1.82) is 0 Å². The molecule has 0 bridgehead atoms. The predicted molar refractivity (Wildman–Crippen MR) is 102 cm³/mol. The number of nitrogens with zero attached hydrogens (tertiary/aromatic N) is 2. The van der Waals surface area contributed by atoms with E-state index in [0.29, 0.717) is 17.9 Å². The summed E-state index contributed by atoms with van der Waals surface area (Å²) in [5, 5.41) is 10.0. The van der Waals surface area contributed by atoms with E-state index in [1.54, 1.807) is 35.1 Å². The lowest BCUT2D eigenvalue weighted by Crippen LogP contribution is -2.25. The van der Waals surface area contributed by atoms with Crippen LogP contribution in [-0.2, 0) is 11.3 Å². The van der Waals surface area contributed by atoms with Crippen LogP contribution < -0.4 is 10.6 Å². The largest absolute Gasteiger partial charge is 0.345 e. The average Bonchev–Trinajstić information content (AvgIpc) is 3.16. The molecule has 142 valence electrons. The number of carbonyl (C=O) groups is 2. The fraction of sp³-hybridized carbons (Fsp3) is 0.190. The quantitative estimate of drug-likeness (QED) is 0.716. The Morgan fingerprint density at radius 2 is 2.07 bits per heavy atom. The second kappa shape index (κ2) is 7.26. The van der Waals surface area contributed by atoms with E-state index in [4.69, 9.17) is 0 Å². The number of aryl methyl sites for hydroxylation is 1. The van der Waals surface area contributed by atoms with Gasteiger partial charge in [-0.3, -0.25) is 9.59 Å². The van der Waals surface area contributed by atoms with Crippen molar-refractivity contribution in [2.45, 2.75) is 25.9 Å². The highest BCUT2D eigenvalue weighted by atomic mass is 19.1. The SMILES string of the molecule is Cc1cnn(Cc2cccc(F)c2)c1NC(=O)CC1NC(=O)c2ccccc21. The Hall–Kier alpha value is -3.48. The first-order chi connectivity index (χ1) is 13.5. The third-order valence-corrected chi connectivity index (χ3v) is 4.78. The normalized spacial score (nSPS) is 15.2. The minimum Gasteiger partial charge on any atom is -0.345 e. The number of rotatable bonds is 5. The predicted octanol–water partition coefficient (Wildman–Crippen LogP) is 3.19. The van der Waals surface area contributed by atoms with E-state index in [-0.39, 0.29) is 30.1 Å². The van der Waals surface area contributed by atoms with E-state index in [2.05, 4.69) is 15.7 Å². The molecule has 2 heterocycles. The molecule has 0 spiro atoms. The minimum atomic E-state index is -0.358. The summed E-state index contributed by atoms with van der Waals surface area (Å²) in [5.74, 6) is -0.152. The first-order valence-corrected chi connectivity index (χ1v) is 8.98. The maximum Gasteiger partial charge on any atom is 0.252 e. The van der Waals surface area contributed by atoms with Crippen molar-refractivity contribution < 1.29 is 14.0 Å². The Morgan fingerprint density at radius 1 is 1.25 bits per heavy atom. The van der Waals surface area contributed by atoms with E-state index >= 15 is 0 Å². The van der Waals surface area contributed by atoms with E-state index < -0.39 is 0 Å². The van der Waals surface area contributed by atoms with Crippen molar-refractivity contribution in [3.05, 3.63) is 82.8 Å². The van der Waals surface area contributed by atoms with Crippen LogP contribution in [0.3, 0.4) is 0 Å². The molecule has 2 N–H and O–H groups in total. The maximum absolute atomic E-state index is 13.4. The molecule has 0 radical (unpaired) electrons. The molecule has 0 fully saturated rings. The molecule has 1 aliphatic heterocycles. The molecule has 7 heteroatoms. The molecule has 28 heavy (non-hydrogen) atoms. The van der Waals surface area contributed by atoms with Gasteiger partial charge in [-0.15, -0.1) is 0 Å². The molecule has 0 aliphatic carbocycles. The molecule has 1 unspecified atom stereocenters. The highest BCUT2D eigenvalue weighted by Crippen LogP contribution is 2.28. The fourth-order valence-electron chi connectivity index (χ4n) is 3.42. The van der Waals surface area contributed by atoms with Crippen LogP contribution in [0.2, 0.25) is 0 Å². The molecule has 1 aliphatic rings. The summed E-state index contributed by atoms with van der Waals surface area (Å²) in [6.07, 6.45) is 1.77. The lowest BCUT2D eigenvalue weighted by atomic mass is 10.0. The molecule has 6 nitrogen and oxygen atoms in total. The Balaban J connectivity index is 1.48. The smallest absolute Gasteiger partial charge is 0.252 e. The Bertz CT molecular complexity index is 1060. The van der Waals surface area contributed by atoms with Gasteiger partial charge in [-0.25, -0.2) is 9.07 Å². The topological polar surface area (TPSA) is 76.0 Å². The number of carbonyl (C=O) groups excluding carboxylic acids is 2. The van der Waals surface area contributed by atoms with Gasteiger partial charge in [0.2, 0.25) is 5.91 Å². The number of halogens is 1. The number of nitrogens with one attached hydrogen (secondary N) is 2. The Kier molecular flexibility index (Phi) is 4.65. The summed E-state index contributed by atoms with van der Waals surface area (Å²) in [5.41, 5.74) is 2.98. The molecule has 2 aromatic carbocycles. The van der Waals surface area contributed by atoms with Crippen LogP contribution in [0.5, 0.6) is 0 Å². The molecular weight excluding hydrogens is 359 g/mol. The minimum absolute atomic E-state index is 0.118. The van der Waals surface area contributed by atoms with Gasteiger partial charge in [0.1, 0.15) is 11.6 Å². The molecule has 2 amide bonds. The number of fused-ring (bicyclic) bond motifs is 1. The Labute approximate surface area is 161 Å². The lowest BCUT2D eigenvalue weighted by molar-refractivity contribution is -0.116. The van der Waals surface area contributed by atoms with E-state index in [0.717, 1.165) is 16.7 Å². The van der Waals surface area contributed by atoms with Crippen molar-refractivity contribution in [3.8, 4) is 0 Å². The van der Waals surface area contributed by atoms with Crippen LogP contribution in [0, 0.1) is 12.7 Å². The molecule has 0 saturated carbocycles. The van der Waals surface area contributed by atoms with Gasteiger partial charge in [0, 0.05) is 11.1 Å². The van der Waals surface area contributed by atoms with E-state index in [1.807, 2.05) is 19.1 Å². The maximum atomic E-state index is 13.4. The second-order valence-electron chi connectivity index (χ2n) is 6.83. The van der Waals surface area contributed by atoms with Gasteiger partial charge in [0.25, 0.3) is 5.91 Å². The number of hydrogen-bond donors (Lipinski definition) is 2. The molecular formula is C21H19FN4O2. The summed E-state index contributed by atoms with van der Waals surface area (Å²) in [6, 6.07) is 13.2. The van der Waals surface area contributed by atoms with Crippen LogP contribution in [0.25, 0.3) is 0 Å². The van der Waals surface area contributed by atoms with Crippen molar-refractivity contribution >= 4 is 17.6 Å². The number of benzene rings is 2.